The molecule has 0 aliphatic rings. The van der Waals surface area contributed by atoms with Crippen molar-refractivity contribution in [1.82, 2.24) is 4.57 Å². The highest BCUT2D eigenvalue weighted by molar-refractivity contribution is 7.80. The topological polar surface area (TPSA) is 48.0 Å². The summed E-state index contributed by atoms with van der Waals surface area (Å²) in [6, 6.07) is 17.1. The van der Waals surface area contributed by atoms with Crippen LogP contribution in [-0.2, 0) is 6.54 Å². The monoisotopic (exact) mass is 294 g/mol. The van der Waals surface area contributed by atoms with Gasteiger partial charge in [-0.25, -0.2) is 0 Å². The molecule has 0 amide bonds. The zero-order valence-electron chi connectivity index (χ0n) is 11.3. The second-order valence-corrected chi connectivity index (χ2v) is 5.33. The summed E-state index contributed by atoms with van der Waals surface area (Å²) in [6.45, 7) is 0.693. The van der Waals surface area contributed by atoms with Gasteiger partial charge in [0.05, 0.1) is 5.52 Å². The molecule has 0 atom stereocenters. The summed E-state index contributed by atoms with van der Waals surface area (Å²) in [5, 5.41) is 0.736. The van der Waals surface area contributed by atoms with Crippen molar-refractivity contribution in [3.8, 4) is 0 Å². The van der Waals surface area contributed by atoms with Crippen molar-refractivity contribution in [3.05, 3.63) is 82.1 Å². The molecule has 1 aromatic heterocycles. The molecule has 0 saturated carbocycles. The van der Waals surface area contributed by atoms with E-state index in [1.165, 1.54) is 0 Å². The molecule has 0 unspecified atom stereocenters. The number of aromatic nitrogens is 1. The van der Waals surface area contributed by atoms with E-state index in [4.69, 9.17) is 18.0 Å². The van der Waals surface area contributed by atoms with E-state index in [2.05, 4.69) is 4.57 Å². The lowest BCUT2D eigenvalue weighted by atomic mass is 10.1. The first kappa shape index (κ1) is 13.5. The van der Waals surface area contributed by atoms with Crippen LogP contribution in [-0.4, -0.2) is 9.56 Å². The fraction of sp³-hybridized carbons (Fsp3) is 0.0588. The number of fused-ring (bicyclic) bond motifs is 1. The largest absolute Gasteiger partial charge is 0.389 e. The Morgan fingerprint density at radius 1 is 1.05 bits per heavy atom. The maximum absolute atomic E-state index is 11.9. The fourth-order valence-electron chi connectivity index (χ4n) is 2.37. The molecule has 0 bridgehead atoms. The lowest BCUT2D eigenvalue weighted by Gasteiger charge is -2.11. The van der Waals surface area contributed by atoms with Crippen LogP contribution < -0.4 is 11.2 Å². The van der Waals surface area contributed by atoms with Crippen molar-refractivity contribution in [2.45, 2.75) is 6.54 Å². The summed E-state index contributed by atoms with van der Waals surface area (Å²) >= 11 is 4.95. The number of thiocarbonyl (C=S) groups is 1. The quantitative estimate of drug-likeness (QED) is 0.756. The summed E-state index contributed by atoms with van der Waals surface area (Å²) in [4.78, 5) is 12.3. The molecule has 4 heteroatoms. The molecular weight excluding hydrogens is 280 g/mol. The summed E-state index contributed by atoms with van der Waals surface area (Å²) in [6.07, 6.45) is 1.83. The summed E-state index contributed by atoms with van der Waals surface area (Å²) in [5.74, 6) is 0. The van der Waals surface area contributed by atoms with E-state index in [9.17, 15) is 4.79 Å². The third-order valence-corrected chi connectivity index (χ3v) is 3.71. The molecule has 21 heavy (non-hydrogen) atoms. The van der Waals surface area contributed by atoms with Crippen LogP contribution in [0.3, 0.4) is 0 Å². The number of rotatable bonds is 3. The predicted octanol–water partition coefficient (Wildman–Crippen LogP) is 2.68. The molecule has 0 aliphatic heterocycles. The Bertz CT molecular complexity index is 866. The maximum Gasteiger partial charge on any atom is 0.189 e. The Hall–Kier alpha value is -2.46. The Morgan fingerprint density at radius 3 is 2.48 bits per heavy atom. The highest BCUT2D eigenvalue weighted by Crippen LogP contribution is 2.13. The van der Waals surface area contributed by atoms with Gasteiger partial charge < -0.3 is 10.3 Å². The van der Waals surface area contributed by atoms with Gasteiger partial charge in [-0.3, -0.25) is 4.79 Å². The Balaban J connectivity index is 2.00. The average Bonchev–Trinajstić information content (AvgIpc) is 2.51. The van der Waals surface area contributed by atoms with Crippen LogP contribution in [0, 0.1) is 0 Å². The number of nitrogens with zero attached hydrogens (tertiary/aromatic N) is 1. The van der Waals surface area contributed by atoms with Gasteiger partial charge >= 0.3 is 0 Å². The summed E-state index contributed by atoms with van der Waals surface area (Å²) in [7, 11) is 0. The van der Waals surface area contributed by atoms with Crippen molar-refractivity contribution in [3.63, 3.8) is 0 Å². The molecule has 0 radical (unpaired) electrons. The highest BCUT2D eigenvalue weighted by atomic mass is 32.1. The van der Waals surface area contributed by atoms with Crippen LogP contribution in [0.4, 0.5) is 0 Å². The van der Waals surface area contributed by atoms with Crippen LogP contribution >= 0.6 is 12.2 Å². The van der Waals surface area contributed by atoms with E-state index < -0.39 is 0 Å². The third kappa shape index (κ3) is 2.71. The SMILES string of the molecule is NC(=S)c1ccc(Cn2ccc(=O)c3ccccc32)cc1. The van der Waals surface area contributed by atoms with Crippen LogP contribution in [0.15, 0.2) is 65.6 Å². The van der Waals surface area contributed by atoms with Crippen LogP contribution in [0.25, 0.3) is 10.9 Å². The van der Waals surface area contributed by atoms with Gasteiger partial charge in [0, 0.05) is 29.8 Å². The summed E-state index contributed by atoms with van der Waals surface area (Å²) < 4.78 is 2.06. The van der Waals surface area contributed by atoms with Gasteiger partial charge in [-0.15, -0.1) is 0 Å². The summed E-state index contributed by atoms with van der Waals surface area (Å²) in [5.41, 5.74) is 8.57. The fourth-order valence-corrected chi connectivity index (χ4v) is 2.51. The zero-order chi connectivity index (χ0) is 14.8. The van der Waals surface area contributed by atoms with Gasteiger partial charge in [-0.1, -0.05) is 48.6 Å². The second kappa shape index (κ2) is 5.50. The van der Waals surface area contributed by atoms with Gasteiger partial charge in [0.25, 0.3) is 0 Å². The minimum Gasteiger partial charge on any atom is -0.389 e. The molecule has 104 valence electrons. The van der Waals surface area contributed by atoms with E-state index in [1.807, 2.05) is 54.7 Å². The third-order valence-electron chi connectivity index (χ3n) is 3.48. The van der Waals surface area contributed by atoms with Crippen molar-refractivity contribution >= 4 is 28.1 Å². The van der Waals surface area contributed by atoms with Crippen LogP contribution in [0.1, 0.15) is 11.1 Å². The standard InChI is InChI=1S/C17H14N2OS/c18-17(21)13-7-5-12(6-8-13)11-19-10-9-16(20)14-3-1-2-4-15(14)19/h1-10H,11H2,(H2,18,21). The number of nitrogens with two attached hydrogens (primary N) is 1. The number of hydrogen-bond acceptors (Lipinski definition) is 2. The van der Waals surface area contributed by atoms with Crippen molar-refractivity contribution in [1.29, 1.82) is 0 Å². The van der Waals surface area contributed by atoms with Crippen LogP contribution in [0.2, 0.25) is 0 Å². The van der Waals surface area contributed by atoms with Crippen molar-refractivity contribution in [2.75, 3.05) is 0 Å². The van der Waals surface area contributed by atoms with E-state index >= 15 is 0 Å². The first-order valence-electron chi connectivity index (χ1n) is 6.62. The highest BCUT2D eigenvalue weighted by Gasteiger charge is 2.03. The average molecular weight is 294 g/mol. The molecule has 3 nitrogen and oxygen atoms in total. The molecule has 3 rings (SSSR count). The smallest absolute Gasteiger partial charge is 0.189 e. The normalized spacial score (nSPS) is 10.7. The number of hydrogen-bond donors (Lipinski definition) is 1. The predicted molar refractivity (Wildman–Crippen MR) is 89.6 cm³/mol. The van der Waals surface area contributed by atoms with E-state index in [1.54, 1.807) is 6.07 Å². The van der Waals surface area contributed by atoms with Gasteiger partial charge in [-0.05, 0) is 17.7 Å². The van der Waals surface area contributed by atoms with Crippen molar-refractivity contribution in [2.24, 2.45) is 5.73 Å². The van der Waals surface area contributed by atoms with E-state index in [0.717, 1.165) is 22.0 Å². The van der Waals surface area contributed by atoms with Gasteiger partial charge in [0.2, 0.25) is 0 Å². The second-order valence-electron chi connectivity index (χ2n) is 4.89. The minimum atomic E-state index is 0.0469. The van der Waals surface area contributed by atoms with E-state index in [-0.39, 0.29) is 5.43 Å². The molecule has 0 saturated heterocycles. The Morgan fingerprint density at radius 2 is 1.76 bits per heavy atom. The van der Waals surface area contributed by atoms with Gasteiger partial charge in [0.15, 0.2) is 5.43 Å². The number of pyridine rings is 1. The molecule has 0 fully saturated rings. The van der Waals surface area contributed by atoms with Gasteiger partial charge in [0.1, 0.15) is 4.99 Å². The lowest BCUT2D eigenvalue weighted by Crippen LogP contribution is -2.10. The maximum atomic E-state index is 11.9. The first-order chi connectivity index (χ1) is 10.1. The molecule has 0 spiro atoms. The lowest BCUT2D eigenvalue weighted by molar-refractivity contribution is 0.825. The number of benzene rings is 2. The van der Waals surface area contributed by atoms with E-state index in [0.29, 0.717) is 11.5 Å². The first-order valence-corrected chi connectivity index (χ1v) is 7.03. The zero-order valence-corrected chi connectivity index (χ0v) is 12.1. The molecular formula is C17H14N2OS. The van der Waals surface area contributed by atoms with Crippen molar-refractivity contribution < 1.29 is 0 Å². The minimum absolute atomic E-state index is 0.0469. The number of para-hydroxylation sites is 1. The Labute approximate surface area is 127 Å². The Kier molecular flexibility index (Phi) is 3.54. The molecule has 2 aromatic carbocycles. The molecule has 0 aliphatic carbocycles. The molecule has 2 N–H and O–H groups in total. The molecule has 1 heterocycles. The van der Waals surface area contributed by atoms with Gasteiger partial charge in [-0.2, -0.15) is 0 Å². The molecule has 3 aromatic rings. The van der Waals surface area contributed by atoms with Crippen LogP contribution in [0.5, 0.6) is 0 Å².